The fourth-order valence-electron chi connectivity index (χ4n) is 9.62. The van der Waals surface area contributed by atoms with Crippen LogP contribution in [0.15, 0.2) is 49.2 Å². The Balaban J connectivity index is 1.50. The number of alkyl halides is 1. The predicted molar refractivity (Wildman–Crippen MR) is 224 cm³/mol. The predicted octanol–water partition coefficient (Wildman–Crippen LogP) is 5.58. The van der Waals surface area contributed by atoms with E-state index in [-0.39, 0.29) is 37.3 Å². The number of halogens is 1. The molecule has 1 N–H and O–H groups in total. The van der Waals surface area contributed by atoms with Crippen LogP contribution in [0, 0.1) is 17.8 Å². The molecule has 2 aromatic rings. The molecule has 338 valence electrons. The molecule has 0 aromatic carbocycles. The number of ketones is 2. The Hall–Kier alpha value is -4.09. The van der Waals surface area contributed by atoms with E-state index in [4.69, 9.17) is 23.7 Å². The molecule has 13 atom stereocenters. The number of aliphatic hydroxyl groups is 1. The summed E-state index contributed by atoms with van der Waals surface area (Å²) >= 11 is 0. The fraction of sp³-hybridized carbons (Fsp3) is 0.689. The Morgan fingerprint density at radius 1 is 1.08 bits per heavy atom. The van der Waals surface area contributed by atoms with Gasteiger partial charge in [-0.3, -0.25) is 19.5 Å². The molecule has 15 nitrogen and oxygen atoms in total. The van der Waals surface area contributed by atoms with E-state index in [0.29, 0.717) is 25.8 Å². The number of hydrogen-bond acceptors (Lipinski definition) is 13. The summed E-state index contributed by atoms with van der Waals surface area (Å²) in [6.45, 7) is 13.4. The third kappa shape index (κ3) is 9.78. The summed E-state index contributed by atoms with van der Waals surface area (Å²) in [6, 6.07) is 2.42. The zero-order chi connectivity index (χ0) is 45.0. The van der Waals surface area contributed by atoms with Gasteiger partial charge in [0.25, 0.3) is 5.67 Å². The molecule has 3 saturated heterocycles. The number of unbranched alkanes of at least 4 members (excludes halogenated alkanes) is 1. The first-order chi connectivity index (χ1) is 28.8. The lowest BCUT2D eigenvalue weighted by Crippen LogP contribution is -2.62. The maximum Gasteiger partial charge on any atom is 0.411 e. The van der Waals surface area contributed by atoms with E-state index in [2.05, 4.69) is 9.97 Å². The highest BCUT2D eigenvalue weighted by Crippen LogP contribution is 2.45. The van der Waals surface area contributed by atoms with Crippen molar-refractivity contribution in [1.82, 2.24) is 24.3 Å². The molecule has 0 radical (unpaired) electrons. The van der Waals surface area contributed by atoms with Crippen LogP contribution in [0.2, 0.25) is 0 Å². The molecule has 0 unspecified atom stereocenters. The number of amides is 1. The lowest BCUT2D eigenvalue weighted by Gasteiger charge is -2.47. The van der Waals surface area contributed by atoms with Gasteiger partial charge >= 0.3 is 12.1 Å². The van der Waals surface area contributed by atoms with E-state index in [1.165, 1.54) is 18.9 Å². The molecule has 61 heavy (non-hydrogen) atoms. The molecule has 0 saturated carbocycles. The number of cyclic esters (lactones) is 1. The first-order valence-corrected chi connectivity index (χ1v) is 21.5. The number of hydrogen-bond donors (Lipinski definition) is 1. The number of Topliss-reactive ketones (excluding diaryl/α,β-unsaturated/α-hetero) is 2. The Morgan fingerprint density at radius 3 is 2.41 bits per heavy atom. The molecule has 0 spiro atoms. The second-order valence-corrected chi connectivity index (χ2v) is 17.7. The summed E-state index contributed by atoms with van der Waals surface area (Å²) in [4.78, 5) is 69.5. The van der Waals surface area contributed by atoms with E-state index < -0.39 is 83.1 Å². The van der Waals surface area contributed by atoms with Crippen LogP contribution in [0.25, 0.3) is 11.3 Å². The van der Waals surface area contributed by atoms with Crippen molar-refractivity contribution in [2.45, 2.75) is 154 Å². The molecule has 0 aliphatic carbocycles. The van der Waals surface area contributed by atoms with Gasteiger partial charge in [0.05, 0.1) is 35.9 Å². The Bertz CT molecular complexity index is 1880. The van der Waals surface area contributed by atoms with E-state index in [9.17, 15) is 24.3 Å². The van der Waals surface area contributed by atoms with Gasteiger partial charge in [0.15, 0.2) is 17.7 Å². The number of aliphatic hydroxyl groups excluding tert-OH is 1. The number of methoxy groups -OCH3 is 1. The first kappa shape index (κ1) is 48.0. The average Bonchev–Trinajstić information content (AvgIpc) is 3.82. The zero-order valence-electron chi connectivity index (χ0n) is 37.6. The number of allylic oxidation sites excluding steroid dienone is 1. The number of aryl methyl sites for hydroxylation is 1. The third-order valence-electron chi connectivity index (χ3n) is 13.0. The summed E-state index contributed by atoms with van der Waals surface area (Å²) in [6.07, 6.45) is 5.97. The van der Waals surface area contributed by atoms with Gasteiger partial charge in [-0.2, -0.15) is 0 Å². The van der Waals surface area contributed by atoms with Crippen molar-refractivity contribution in [3.8, 4) is 11.3 Å². The minimum absolute atomic E-state index is 0.0147. The second kappa shape index (κ2) is 19.5. The molecule has 16 heteroatoms. The lowest BCUT2D eigenvalue weighted by atomic mass is 9.72. The monoisotopic (exact) mass is 855 g/mol. The van der Waals surface area contributed by atoms with Gasteiger partial charge in [0.2, 0.25) is 0 Å². The zero-order valence-corrected chi connectivity index (χ0v) is 37.6. The number of pyridine rings is 1. The number of rotatable bonds is 12. The van der Waals surface area contributed by atoms with Gasteiger partial charge in [-0.1, -0.05) is 33.8 Å². The van der Waals surface area contributed by atoms with Crippen LogP contribution >= 0.6 is 0 Å². The molecule has 3 fully saturated rings. The Morgan fingerprint density at radius 2 is 1.79 bits per heavy atom. The topological polar surface area (TPSA) is 172 Å². The van der Waals surface area contributed by atoms with Crippen LogP contribution in [0.1, 0.15) is 87.5 Å². The number of imidazole rings is 1. The van der Waals surface area contributed by atoms with Crippen molar-refractivity contribution in [3.63, 3.8) is 0 Å². The van der Waals surface area contributed by atoms with Crippen molar-refractivity contribution < 1.29 is 52.4 Å². The lowest BCUT2D eigenvalue weighted by molar-refractivity contribution is -0.295. The number of likely N-dealkylation sites (N-methyl/N-ethyl adjacent to an activating group) is 1. The average molecular weight is 856 g/mol. The summed E-state index contributed by atoms with van der Waals surface area (Å²) in [5.41, 5.74) is -4.72. The van der Waals surface area contributed by atoms with E-state index in [1.54, 1.807) is 65.5 Å². The molecule has 5 rings (SSSR count). The second-order valence-electron chi connectivity index (χ2n) is 17.7. The molecule has 0 bridgehead atoms. The highest BCUT2D eigenvalue weighted by molar-refractivity contribution is 6.08. The normalized spacial score (nSPS) is 36.9. The van der Waals surface area contributed by atoms with Crippen LogP contribution in [0.4, 0.5) is 9.18 Å². The number of aromatic nitrogens is 3. The summed E-state index contributed by atoms with van der Waals surface area (Å²) < 4.78 is 49.9. The largest absolute Gasteiger partial charge is 0.455 e. The van der Waals surface area contributed by atoms with Crippen molar-refractivity contribution >= 4 is 23.6 Å². The van der Waals surface area contributed by atoms with E-state index >= 15 is 4.39 Å². The number of carbonyl (C=O) groups excluding carboxylic acids is 4. The van der Waals surface area contributed by atoms with Crippen molar-refractivity contribution in [3.05, 3.63) is 49.2 Å². The van der Waals surface area contributed by atoms with Crippen LogP contribution < -0.4 is 0 Å². The molecule has 3 aliphatic heterocycles. The number of fused-ring (bicyclic) bond motifs is 1. The summed E-state index contributed by atoms with van der Waals surface area (Å²) in [5, 5.41) is 11.5. The van der Waals surface area contributed by atoms with E-state index in [1.807, 2.05) is 48.8 Å². The summed E-state index contributed by atoms with van der Waals surface area (Å²) in [5.74, 6) is -5.91. The van der Waals surface area contributed by atoms with Crippen LogP contribution in [0.5, 0.6) is 0 Å². The SMILES string of the molecule is C/C=C\[C@]12OC(=O)N(CCCCn3cnc(-c4cccnc4)c3)[C@@H]1[C@@H](C)C(=O)[C@H](C)C[C@@](C)(OC)[C@H](O[C@@H]1O[C@H](C)C[C@H](N(C)C)[C@H]1O)[C@@H](C)C(=O)[C@](C)(F)C(=O)O[C@@H]2CC. The highest BCUT2D eigenvalue weighted by Gasteiger charge is 2.63. The molecular formula is C45H66FN5O10. The van der Waals surface area contributed by atoms with Crippen molar-refractivity contribution in [2.75, 3.05) is 27.7 Å². The van der Waals surface area contributed by atoms with Gasteiger partial charge in [-0.25, -0.2) is 19.0 Å². The van der Waals surface area contributed by atoms with Crippen LogP contribution in [-0.2, 0) is 44.6 Å². The molecule has 2 aromatic heterocycles. The molecule has 3 aliphatic rings. The van der Waals surface area contributed by atoms with Crippen LogP contribution in [-0.4, -0.2) is 140 Å². The molecule has 1 amide bonds. The van der Waals surface area contributed by atoms with Gasteiger partial charge < -0.3 is 38.3 Å². The smallest absolute Gasteiger partial charge is 0.411 e. The molecule has 5 heterocycles. The number of ether oxygens (including phenoxy) is 5. The van der Waals surface area contributed by atoms with Crippen LogP contribution in [0.3, 0.4) is 0 Å². The number of nitrogens with zero attached hydrogens (tertiary/aromatic N) is 5. The summed E-state index contributed by atoms with van der Waals surface area (Å²) in [7, 11) is 5.05. The van der Waals surface area contributed by atoms with Gasteiger partial charge in [-0.15, -0.1) is 0 Å². The maximum absolute atomic E-state index is 17.1. The third-order valence-corrected chi connectivity index (χ3v) is 13.0. The van der Waals surface area contributed by atoms with Gasteiger partial charge in [0, 0.05) is 68.1 Å². The van der Waals surface area contributed by atoms with Crippen molar-refractivity contribution in [1.29, 1.82) is 0 Å². The van der Waals surface area contributed by atoms with Crippen molar-refractivity contribution in [2.24, 2.45) is 17.8 Å². The van der Waals surface area contributed by atoms with Gasteiger partial charge in [0.1, 0.15) is 18.0 Å². The highest BCUT2D eigenvalue weighted by atomic mass is 19.1. The fourth-order valence-corrected chi connectivity index (χ4v) is 9.62. The first-order valence-electron chi connectivity index (χ1n) is 21.5. The van der Waals surface area contributed by atoms with E-state index in [0.717, 1.165) is 18.2 Å². The molecular weight excluding hydrogens is 790 g/mol. The minimum Gasteiger partial charge on any atom is -0.455 e. The minimum atomic E-state index is -3.20. The Kier molecular flexibility index (Phi) is 15.4. The number of carbonyl (C=O) groups is 4. The Labute approximate surface area is 359 Å². The maximum atomic E-state index is 17.1. The standard InChI is InChI=1S/C45H66FN5O10/c1-12-18-45-34(13-2)59-41(55)44(8,46)38(54)30(6)39(60-40-36(53)33(49(9)10)22-28(4)58-40)43(7,57-11)23-27(3)35(52)29(5)37(45)51(42(56)61-45)21-15-14-20-50-25-32(48-26-50)31-17-16-19-47-24-31/h12,16-19,24-30,33-34,36-37,39-40,53H,13-15,20-23H2,1-11H3/b18-12-/t27-,28-,29+,30+,33+,34-,36-,37-,39-,40+,43-,44+,45-/m1/s1. The number of esters is 1. The quantitative estimate of drug-likeness (QED) is 0.122. The van der Waals surface area contributed by atoms with Gasteiger partial charge in [-0.05, 0) is 92.1 Å².